The van der Waals surface area contributed by atoms with Crippen LogP contribution in [0.4, 0.5) is 36.6 Å². The van der Waals surface area contributed by atoms with Crippen molar-refractivity contribution in [3.8, 4) is 12.3 Å². The molecule has 0 atom stereocenters. The molecule has 41 heavy (non-hydrogen) atoms. The second kappa shape index (κ2) is 9.11. The van der Waals surface area contributed by atoms with Crippen LogP contribution in [-0.2, 0) is 18.1 Å². The van der Waals surface area contributed by atoms with E-state index in [9.17, 15) is 22.0 Å². The highest BCUT2D eigenvalue weighted by Crippen LogP contribution is 2.44. The third-order valence-electron chi connectivity index (χ3n) is 6.99. The number of benzene rings is 2. The molecule has 2 aliphatic rings. The number of halogens is 7. The van der Waals surface area contributed by atoms with E-state index in [1.807, 2.05) is 0 Å². The molecule has 0 amide bonds. The third kappa shape index (κ3) is 4.52. The van der Waals surface area contributed by atoms with Gasteiger partial charge in [0.05, 0.1) is 13.1 Å². The summed E-state index contributed by atoms with van der Waals surface area (Å²) >= 11 is 0. The number of anilines is 1. The summed E-state index contributed by atoms with van der Waals surface area (Å²) in [6, 6.07) is 10.7. The predicted octanol–water partition coefficient (Wildman–Crippen LogP) is 4.06. The lowest BCUT2D eigenvalue weighted by Gasteiger charge is -2.20. The normalized spacial score (nSPS) is 18.0. The fourth-order valence-electron chi connectivity index (χ4n) is 4.84. The van der Waals surface area contributed by atoms with E-state index in [0.29, 0.717) is 0 Å². The standard InChI is InChI=1S/C26H19F7N8/c1-2-15-7-6-10-18(25(38-39-25)26(31,32)33)17(15)13-41-36-19-20(37-41)34-22(24(29,30)16-8-4-3-5-9-16)35-21(19)40-12-11-23(27,28)14-40/h1,3-10,38-39H,11-14H2. The molecule has 0 spiro atoms. The minimum Gasteiger partial charge on any atom is -0.348 e. The Balaban J connectivity index is 1.48. The first-order valence-electron chi connectivity index (χ1n) is 12.2. The summed E-state index contributed by atoms with van der Waals surface area (Å²) in [5.74, 6) is -5.74. The van der Waals surface area contributed by atoms with Crippen molar-refractivity contribution in [2.75, 3.05) is 18.0 Å². The number of hydrogen-bond donors (Lipinski definition) is 2. The molecule has 2 saturated heterocycles. The van der Waals surface area contributed by atoms with Crippen LogP contribution in [0.25, 0.3) is 11.2 Å². The maximum Gasteiger partial charge on any atom is 0.426 e. The maximum atomic E-state index is 15.5. The summed E-state index contributed by atoms with van der Waals surface area (Å²) in [6.07, 6.45) is 0.297. The van der Waals surface area contributed by atoms with Crippen LogP contribution in [0.3, 0.4) is 0 Å². The summed E-state index contributed by atoms with van der Waals surface area (Å²) in [5, 5.41) is 8.38. The van der Waals surface area contributed by atoms with Crippen LogP contribution in [-0.4, -0.2) is 50.2 Å². The monoisotopic (exact) mass is 576 g/mol. The summed E-state index contributed by atoms with van der Waals surface area (Å²) in [4.78, 5) is 9.92. The van der Waals surface area contributed by atoms with Crippen molar-refractivity contribution in [1.29, 1.82) is 0 Å². The number of aromatic nitrogens is 5. The largest absolute Gasteiger partial charge is 0.426 e. The van der Waals surface area contributed by atoms with Gasteiger partial charge in [0, 0.05) is 29.7 Å². The Hall–Kier alpha value is -4.29. The first-order valence-corrected chi connectivity index (χ1v) is 12.2. The SMILES string of the molecule is C#Cc1cccc(C2(C(F)(F)F)NN2)c1Cn1nc2nc(C(F)(F)c3ccccc3)nc(N3CCC(F)(F)C3)c2n1. The quantitative estimate of drug-likeness (QED) is 0.203. The van der Waals surface area contributed by atoms with Gasteiger partial charge in [-0.1, -0.05) is 48.4 Å². The Labute approximate surface area is 227 Å². The first-order chi connectivity index (χ1) is 19.3. The van der Waals surface area contributed by atoms with Crippen LogP contribution in [0.1, 0.15) is 34.5 Å². The maximum absolute atomic E-state index is 15.5. The number of hydrogen-bond acceptors (Lipinski definition) is 7. The van der Waals surface area contributed by atoms with Crippen LogP contribution in [0.5, 0.6) is 0 Å². The van der Waals surface area contributed by atoms with E-state index in [1.54, 1.807) is 6.07 Å². The Morgan fingerprint density at radius 2 is 1.68 bits per heavy atom. The third-order valence-corrected chi connectivity index (χ3v) is 6.99. The van der Waals surface area contributed by atoms with E-state index in [2.05, 4.69) is 36.9 Å². The highest BCUT2D eigenvalue weighted by Gasteiger charge is 2.66. The summed E-state index contributed by atoms with van der Waals surface area (Å²) in [5.41, 5.74) is 0.666. The van der Waals surface area contributed by atoms with Crippen LogP contribution in [0, 0.1) is 12.3 Å². The minimum atomic E-state index is -4.74. The fourth-order valence-corrected chi connectivity index (χ4v) is 4.84. The molecule has 4 heterocycles. The summed E-state index contributed by atoms with van der Waals surface area (Å²) in [7, 11) is 0. The fraction of sp³-hybridized carbons (Fsp3) is 0.308. The summed E-state index contributed by atoms with van der Waals surface area (Å²) < 4.78 is 101. The second-order valence-corrected chi connectivity index (χ2v) is 9.72. The van der Waals surface area contributed by atoms with Gasteiger partial charge >= 0.3 is 12.1 Å². The van der Waals surface area contributed by atoms with E-state index in [-0.39, 0.29) is 40.2 Å². The van der Waals surface area contributed by atoms with Gasteiger partial charge in [0.15, 0.2) is 11.3 Å². The molecule has 6 rings (SSSR count). The molecule has 2 aromatic heterocycles. The number of rotatable bonds is 6. The average Bonchev–Trinajstić information content (AvgIpc) is 3.54. The molecule has 15 heteroatoms. The molecule has 2 fully saturated rings. The van der Waals surface area contributed by atoms with Gasteiger partial charge in [-0.2, -0.15) is 26.7 Å². The van der Waals surface area contributed by atoms with E-state index in [1.165, 1.54) is 42.5 Å². The zero-order valence-corrected chi connectivity index (χ0v) is 20.9. The van der Waals surface area contributed by atoms with Crippen molar-refractivity contribution in [3.05, 3.63) is 76.6 Å². The molecule has 8 nitrogen and oxygen atoms in total. The zero-order chi connectivity index (χ0) is 29.2. The highest BCUT2D eigenvalue weighted by atomic mass is 19.4. The van der Waals surface area contributed by atoms with Gasteiger partial charge in [0.1, 0.15) is 0 Å². The number of hydrazine groups is 1. The van der Waals surface area contributed by atoms with Crippen LogP contribution >= 0.6 is 0 Å². The summed E-state index contributed by atoms with van der Waals surface area (Å²) in [6.45, 7) is -1.40. The van der Waals surface area contributed by atoms with Gasteiger partial charge in [-0.15, -0.1) is 16.6 Å². The van der Waals surface area contributed by atoms with Gasteiger partial charge in [-0.05, 0) is 11.6 Å². The van der Waals surface area contributed by atoms with Crippen molar-refractivity contribution in [3.63, 3.8) is 0 Å². The number of nitrogens with one attached hydrogen (secondary N) is 2. The minimum absolute atomic E-state index is 0.0298. The van der Waals surface area contributed by atoms with Gasteiger partial charge in [-0.25, -0.2) is 29.6 Å². The lowest BCUT2D eigenvalue weighted by Crippen LogP contribution is -2.36. The van der Waals surface area contributed by atoms with Crippen LogP contribution in [0.15, 0.2) is 48.5 Å². The van der Waals surface area contributed by atoms with E-state index in [0.717, 1.165) is 9.70 Å². The predicted molar refractivity (Wildman–Crippen MR) is 132 cm³/mol. The van der Waals surface area contributed by atoms with Gasteiger partial charge in [-0.3, -0.25) is 0 Å². The molecule has 0 bridgehead atoms. The first kappa shape index (κ1) is 26.9. The van der Waals surface area contributed by atoms with Gasteiger partial charge < -0.3 is 4.90 Å². The second-order valence-electron chi connectivity index (χ2n) is 9.72. The number of nitrogens with zero attached hydrogens (tertiary/aromatic N) is 6. The lowest BCUT2D eigenvalue weighted by atomic mass is 9.93. The molecule has 2 aromatic carbocycles. The number of terminal acetylenes is 1. The van der Waals surface area contributed by atoms with E-state index < -0.39 is 54.6 Å². The zero-order valence-electron chi connectivity index (χ0n) is 20.9. The Morgan fingerprint density at radius 1 is 0.951 bits per heavy atom. The van der Waals surface area contributed by atoms with Crippen molar-refractivity contribution in [1.82, 2.24) is 35.8 Å². The molecule has 0 saturated carbocycles. The van der Waals surface area contributed by atoms with Gasteiger partial charge in [0.25, 0.3) is 5.92 Å². The van der Waals surface area contributed by atoms with Crippen LogP contribution < -0.4 is 15.8 Å². The van der Waals surface area contributed by atoms with Crippen LogP contribution in [0.2, 0.25) is 0 Å². The molecule has 4 aromatic rings. The van der Waals surface area contributed by atoms with Gasteiger partial charge in [0.2, 0.25) is 17.1 Å². The van der Waals surface area contributed by atoms with Crippen molar-refractivity contribution in [2.45, 2.75) is 36.6 Å². The Bertz CT molecular complexity index is 1670. The topological polar surface area (TPSA) is 104 Å². The Morgan fingerprint density at radius 3 is 2.29 bits per heavy atom. The van der Waals surface area contributed by atoms with Crippen molar-refractivity contribution < 1.29 is 30.7 Å². The van der Waals surface area contributed by atoms with E-state index >= 15 is 8.78 Å². The molecular weight excluding hydrogens is 557 g/mol. The molecule has 0 unspecified atom stereocenters. The number of fused-ring (bicyclic) bond motifs is 1. The highest BCUT2D eigenvalue weighted by molar-refractivity contribution is 5.83. The molecule has 212 valence electrons. The smallest absolute Gasteiger partial charge is 0.348 e. The molecule has 0 aliphatic carbocycles. The average molecular weight is 576 g/mol. The number of alkyl halides is 7. The Kier molecular flexibility index (Phi) is 5.98. The van der Waals surface area contributed by atoms with Crippen molar-refractivity contribution >= 4 is 17.0 Å². The molecule has 0 radical (unpaired) electrons. The van der Waals surface area contributed by atoms with E-state index in [4.69, 9.17) is 6.42 Å². The lowest BCUT2D eigenvalue weighted by molar-refractivity contribution is -0.165. The molecule has 2 N–H and O–H groups in total. The molecular formula is C26H19F7N8. The molecule has 2 aliphatic heterocycles. The van der Waals surface area contributed by atoms with Crippen molar-refractivity contribution in [2.24, 2.45) is 0 Å².